The van der Waals surface area contributed by atoms with Crippen molar-refractivity contribution in [2.75, 3.05) is 0 Å². The van der Waals surface area contributed by atoms with E-state index in [0.29, 0.717) is 5.56 Å². The molecule has 1 aromatic rings. The summed E-state index contributed by atoms with van der Waals surface area (Å²) in [4.78, 5) is 33.4. The summed E-state index contributed by atoms with van der Waals surface area (Å²) in [5.74, 6) is -1.26. The van der Waals surface area contributed by atoms with E-state index in [2.05, 4.69) is 5.32 Å². The minimum Gasteiger partial charge on any atom is -0.288 e. The lowest BCUT2D eigenvalue weighted by Crippen LogP contribution is -2.20. The van der Waals surface area contributed by atoms with Gasteiger partial charge >= 0.3 is 0 Å². The fourth-order valence-electron chi connectivity index (χ4n) is 2.02. The molecular formula is C11H10N2O4. The van der Waals surface area contributed by atoms with E-state index in [1.165, 1.54) is 12.1 Å². The maximum absolute atomic E-state index is 11.6. The van der Waals surface area contributed by atoms with Crippen molar-refractivity contribution in [2.45, 2.75) is 19.8 Å². The maximum atomic E-state index is 11.6. The quantitative estimate of drug-likeness (QED) is 0.478. The molecule has 6 nitrogen and oxygen atoms in total. The Morgan fingerprint density at radius 2 is 1.88 bits per heavy atom. The van der Waals surface area contributed by atoms with Crippen molar-refractivity contribution < 1.29 is 14.5 Å². The Bertz CT molecular complexity index is 549. The monoisotopic (exact) mass is 234 g/mol. The van der Waals surface area contributed by atoms with Crippen LogP contribution in [0.15, 0.2) is 12.1 Å². The van der Waals surface area contributed by atoms with Gasteiger partial charge in [-0.2, -0.15) is 0 Å². The van der Waals surface area contributed by atoms with Crippen LogP contribution in [0.2, 0.25) is 0 Å². The van der Waals surface area contributed by atoms with Gasteiger partial charge in [-0.3, -0.25) is 25.0 Å². The summed E-state index contributed by atoms with van der Waals surface area (Å²) in [7, 11) is 0. The van der Waals surface area contributed by atoms with E-state index in [4.69, 9.17) is 0 Å². The van der Waals surface area contributed by atoms with Crippen LogP contribution in [0, 0.1) is 10.1 Å². The number of fused-ring (bicyclic) bond motifs is 1. The van der Waals surface area contributed by atoms with Gasteiger partial charge in [-0.1, -0.05) is 13.8 Å². The molecule has 88 valence electrons. The predicted octanol–water partition coefficient (Wildman–Crippen LogP) is 1.60. The average molecular weight is 234 g/mol. The molecule has 0 aromatic heterocycles. The maximum Gasteiger partial charge on any atom is 0.273 e. The highest BCUT2D eigenvalue weighted by Gasteiger charge is 2.34. The highest BCUT2D eigenvalue weighted by Crippen LogP contribution is 2.33. The first-order valence-corrected chi connectivity index (χ1v) is 5.10. The van der Waals surface area contributed by atoms with Crippen molar-refractivity contribution in [3.63, 3.8) is 0 Å². The van der Waals surface area contributed by atoms with Crippen molar-refractivity contribution in [3.8, 4) is 0 Å². The number of rotatable bonds is 2. The first-order valence-electron chi connectivity index (χ1n) is 5.10. The zero-order chi connectivity index (χ0) is 12.7. The molecule has 0 spiro atoms. The Kier molecular flexibility index (Phi) is 2.42. The smallest absolute Gasteiger partial charge is 0.273 e. The molecule has 17 heavy (non-hydrogen) atoms. The Hall–Kier alpha value is -2.24. The molecule has 0 radical (unpaired) electrons. The Labute approximate surface area is 96.8 Å². The first kappa shape index (κ1) is 11.3. The Balaban J connectivity index is 2.80. The van der Waals surface area contributed by atoms with Gasteiger partial charge in [0.1, 0.15) is 0 Å². The number of benzene rings is 1. The summed E-state index contributed by atoms with van der Waals surface area (Å²) in [6.45, 7) is 3.50. The number of nitro benzene ring substituents is 1. The molecule has 0 fully saturated rings. The molecular weight excluding hydrogens is 224 g/mol. The van der Waals surface area contributed by atoms with E-state index in [1.807, 2.05) is 0 Å². The van der Waals surface area contributed by atoms with Crippen molar-refractivity contribution in [1.29, 1.82) is 0 Å². The molecule has 1 aromatic carbocycles. The highest BCUT2D eigenvalue weighted by molar-refractivity contribution is 6.22. The Morgan fingerprint density at radius 3 is 2.41 bits per heavy atom. The minimum atomic E-state index is -0.558. The van der Waals surface area contributed by atoms with Crippen molar-refractivity contribution in [3.05, 3.63) is 38.9 Å². The number of imide groups is 1. The third-order valence-electron chi connectivity index (χ3n) is 2.70. The van der Waals surface area contributed by atoms with Crippen LogP contribution in [0.5, 0.6) is 0 Å². The second-order valence-electron chi connectivity index (χ2n) is 4.12. The zero-order valence-corrected chi connectivity index (χ0v) is 9.31. The highest BCUT2D eigenvalue weighted by atomic mass is 16.6. The molecule has 1 heterocycles. The van der Waals surface area contributed by atoms with E-state index in [0.717, 1.165) is 0 Å². The SMILES string of the molecule is CC(C)c1c([N+](=O)[O-])ccc2c1C(=O)NC2=O. The van der Waals surface area contributed by atoms with Crippen LogP contribution in [0.4, 0.5) is 5.69 Å². The van der Waals surface area contributed by atoms with Gasteiger partial charge in [0.15, 0.2) is 0 Å². The molecule has 0 saturated heterocycles. The van der Waals surface area contributed by atoms with Gasteiger partial charge in [-0.05, 0) is 12.0 Å². The van der Waals surface area contributed by atoms with E-state index in [1.54, 1.807) is 13.8 Å². The van der Waals surface area contributed by atoms with Crippen LogP contribution >= 0.6 is 0 Å². The number of carbonyl (C=O) groups excluding carboxylic acids is 2. The lowest BCUT2D eigenvalue weighted by molar-refractivity contribution is -0.385. The van der Waals surface area contributed by atoms with Gasteiger partial charge in [0, 0.05) is 11.6 Å². The second-order valence-corrected chi connectivity index (χ2v) is 4.12. The summed E-state index contributed by atoms with van der Waals surface area (Å²) >= 11 is 0. The summed E-state index contributed by atoms with van der Waals surface area (Å²) in [6.07, 6.45) is 0. The molecule has 1 aliphatic rings. The van der Waals surface area contributed by atoms with E-state index >= 15 is 0 Å². The van der Waals surface area contributed by atoms with Crippen molar-refractivity contribution in [2.24, 2.45) is 0 Å². The van der Waals surface area contributed by atoms with Crippen molar-refractivity contribution >= 4 is 17.5 Å². The number of carbonyl (C=O) groups is 2. The van der Waals surface area contributed by atoms with Crippen LogP contribution in [-0.4, -0.2) is 16.7 Å². The van der Waals surface area contributed by atoms with Crippen LogP contribution in [0.25, 0.3) is 0 Å². The largest absolute Gasteiger partial charge is 0.288 e. The molecule has 0 aliphatic carbocycles. The summed E-state index contributed by atoms with van der Waals surface area (Å²) in [6, 6.07) is 2.59. The number of nitrogens with one attached hydrogen (secondary N) is 1. The predicted molar refractivity (Wildman–Crippen MR) is 59.0 cm³/mol. The fourth-order valence-corrected chi connectivity index (χ4v) is 2.02. The van der Waals surface area contributed by atoms with Gasteiger partial charge in [0.2, 0.25) is 0 Å². The lowest BCUT2D eigenvalue weighted by Gasteiger charge is -2.09. The molecule has 0 unspecified atom stereocenters. The molecule has 2 amide bonds. The standard InChI is InChI=1S/C11H10N2O4/c1-5(2)8-7(13(16)17)4-3-6-9(8)11(15)12-10(6)14/h3-5H,1-2H3,(H,12,14,15). The summed E-state index contributed by atoms with van der Waals surface area (Å²) in [5.41, 5.74) is 0.544. The van der Waals surface area contributed by atoms with E-state index < -0.39 is 16.7 Å². The van der Waals surface area contributed by atoms with Crippen molar-refractivity contribution in [1.82, 2.24) is 5.32 Å². The van der Waals surface area contributed by atoms with Gasteiger partial charge in [0.05, 0.1) is 16.1 Å². The van der Waals surface area contributed by atoms with Gasteiger partial charge in [-0.15, -0.1) is 0 Å². The second kappa shape index (κ2) is 3.65. The topological polar surface area (TPSA) is 89.3 Å². The molecule has 0 atom stereocenters. The Morgan fingerprint density at radius 1 is 1.24 bits per heavy atom. The number of hydrogen-bond acceptors (Lipinski definition) is 4. The number of nitrogens with zero attached hydrogens (tertiary/aromatic N) is 1. The number of nitro groups is 1. The van der Waals surface area contributed by atoms with Gasteiger partial charge in [-0.25, -0.2) is 0 Å². The molecule has 0 bridgehead atoms. The zero-order valence-electron chi connectivity index (χ0n) is 9.31. The molecule has 6 heteroatoms. The normalized spacial score (nSPS) is 13.8. The number of amides is 2. The summed E-state index contributed by atoms with van der Waals surface area (Å²) in [5, 5.41) is 13.0. The van der Waals surface area contributed by atoms with E-state index in [9.17, 15) is 19.7 Å². The van der Waals surface area contributed by atoms with Crippen LogP contribution in [0.3, 0.4) is 0 Å². The molecule has 0 saturated carbocycles. The van der Waals surface area contributed by atoms with Crippen LogP contribution < -0.4 is 5.32 Å². The fraction of sp³-hybridized carbons (Fsp3) is 0.273. The molecule has 1 aliphatic heterocycles. The molecule has 1 N–H and O–H groups in total. The minimum absolute atomic E-state index is 0.122. The first-order chi connectivity index (χ1) is 7.93. The molecule has 2 rings (SSSR count). The van der Waals surface area contributed by atoms with Crippen LogP contribution in [-0.2, 0) is 0 Å². The summed E-state index contributed by atoms with van der Waals surface area (Å²) < 4.78 is 0. The average Bonchev–Trinajstić information content (AvgIpc) is 2.53. The third-order valence-corrected chi connectivity index (χ3v) is 2.70. The lowest BCUT2D eigenvalue weighted by atomic mass is 9.92. The van der Waals surface area contributed by atoms with Gasteiger partial charge in [0.25, 0.3) is 17.5 Å². The van der Waals surface area contributed by atoms with Crippen LogP contribution in [0.1, 0.15) is 46.0 Å². The third kappa shape index (κ3) is 1.57. The van der Waals surface area contributed by atoms with E-state index in [-0.39, 0.29) is 22.7 Å². The number of hydrogen-bond donors (Lipinski definition) is 1. The van der Waals surface area contributed by atoms with Gasteiger partial charge < -0.3 is 0 Å².